The Labute approximate surface area is 140 Å². The van der Waals surface area contributed by atoms with Crippen LogP contribution in [0.1, 0.15) is 31.2 Å². The van der Waals surface area contributed by atoms with Crippen molar-refractivity contribution in [1.82, 2.24) is 9.80 Å². The van der Waals surface area contributed by atoms with Crippen molar-refractivity contribution in [3.63, 3.8) is 0 Å². The molecular formula is C19H30N2O2. The van der Waals surface area contributed by atoms with E-state index < -0.39 is 0 Å². The molecule has 2 aliphatic rings. The van der Waals surface area contributed by atoms with Gasteiger partial charge < -0.3 is 9.84 Å². The topological polar surface area (TPSA) is 35.9 Å². The Morgan fingerprint density at radius 1 is 1.09 bits per heavy atom. The summed E-state index contributed by atoms with van der Waals surface area (Å²) in [4.78, 5) is 5.08. The zero-order valence-electron chi connectivity index (χ0n) is 14.3. The third-order valence-corrected chi connectivity index (χ3v) is 5.35. The predicted molar refractivity (Wildman–Crippen MR) is 93.0 cm³/mol. The molecule has 1 heterocycles. The number of piperazine rings is 1. The predicted octanol–water partition coefficient (Wildman–Crippen LogP) is 2.16. The lowest BCUT2D eigenvalue weighted by Gasteiger charge is -2.38. The van der Waals surface area contributed by atoms with Crippen molar-refractivity contribution in [2.45, 2.75) is 44.2 Å². The highest BCUT2D eigenvalue weighted by Crippen LogP contribution is 2.24. The number of hydrogen-bond acceptors (Lipinski definition) is 4. The van der Waals surface area contributed by atoms with E-state index in [0.29, 0.717) is 6.42 Å². The van der Waals surface area contributed by atoms with Crippen LogP contribution in [0, 0.1) is 0 Å². The maximum atomic E-state index is 10.4. The molecule has 1 aliphatic carbocycles. The number of aliphatic hydroxyl groups excluding tert-OH is 1. The van der Waals surface area contributed by atoms with Crippen molar-refractivity contribution in [3.05, 3.63) is 29.8 Å². The van der Waals surface area contributed by atoms with Crippen molar-refractivity contribution in [2.24, 2.45) is 0 Å². The van der Waals surface area contributed by atoms with Gasteiger partial charge in [-0.25, -0.2) is 0 Å². The SMILES string of the molecule is COc1ccc(CC(O)CN2CCN(C3CCCC3)CC2)cc1. The first-order valence-electron chi connectivity index (χ1n) is 9.02. The summed E-state index contributed by atoms with van der Waals surface area (Å²) in [5.41, 5.74) is 1.17. The van der Waals surface area contributed by atoms with Crippen molar-refractivity contribution in [1.29, 1.82) is 0 Å². The van der Waals surface area contributed by atoms with Gasteiger partial charge in [0.2, 0.25) is 0 Å². The maximum Gasteiger partial charge on any atom is 0.118 e. The first kappa shape index (κ1) is 16.7. The summed E-state index contributed by atoms with van der Waals surface area (Å²) in [6, 6.07) is 8.84. The second-order valence-electron chi connectivity index (χ2n) is 6.98. The van der Waals surface area contributed by atoms with Gasteiger partial charge >= 0.3 is 0 Å². The van der Waals surface area contributed by atoms with Crippen LogP contribution >= 0.6 is 0 Å². The molecule has 1 saturated heterocycles. The van der Waals surface area contributed by atoms with Crippen LogP contribution in [0.5, 0.6) is 5.75 Å². The molecule has 4 heteroatoms. The average molecular weight is 318 g/mol. The van der Waals surface area contributed by atoms with E-state index in [-0.39, 0.29) is 6.10 Å². The van der Waals surface area contributed by atoms with Crippen LogP contribution in [0.15, 0.2) is 24.3 Å². The standard InChI is InChI=1S/C19H30N2O2/c1-23-19-8-6-16(7-9-19)14-18(22)15-20-10-12-21(13-11-20)17-4-2-3-5-17/h6-9,17-18,22H,2-5,10-15H2,1H3. The number of nitrogens with zero attached hydrogens (tertiary/aromatic N) is 2. The molecule has 0 bridgehead atoms. The van der Waals surface area contributed by atoms with Crippen LogP contribution in [0.3, 0.4) is 0 Å². The molecule has 0 spiro atoms. The zero-order valence-corrected chi connectivity index (χ0v) is 14.3. The Balaban J connectivity index is 1.40. The van der Waals surface area contributed by atoms with Gasteiger partial charge in [0.05, 0.1) is 13.2 Å². The number of benzene rings is 1. The van der Waals surface area contributed by atoms with E-state index in [1.165, 1.54) is 44.3 Å². The Morgan fingerprint density at radius 3 is 2.35 bits per heavy atom. The summed E-state index contributed by atoms with van der Waals surface area (Å²) in [5.74, 6) is 0.867. The molecule has 1 aromatic carbocycles. The van der Waals surface area contributed by atoms with Gasteiger partial charge in [-0.15, -0.1) is 0 Å². The largest absolute Gasteiger partial charge is 0.497 e. The second-order valence-corrected chi connectivity index (χ2v) is 6.98. The van der Waals surface area contributed by atoms with E-state index in [1.54, 1.807) is 7.11 Å². The molecule has 1 atom stereocenters. The highest BCUT2D eigenvalue weighted by atomic mass is 16.5. The molecule has 1 aromatic rings. The fraction of sp³-hybridized carbons (Fsp3) is 0.684. The van der Waals surface area contributed by atoms with Crippen LogP contribution in [-0.4, -0.2) is 66.9 Å². The van der Waals surface area contributed by atoms with Crippen LogP contribution < -0.4 is 4.74 Å². The van der Waals surface area contributed by atoms with E-state index in [0.717, 1.165) is 31.4 Å². The van der Waals surface area contributed by atoms with Gasteiger partial charge in [-0.2, -0.15) is 0 Å². The minimum Gasteiger partial charge on any atom is -0.497 e. The van der Waals surface area contributed by atoms with Crippen molar-refractivity contribution in [3.8, 4) is 5.75 Å². The van der Waals surface area contributed by atoms with Gasteiger partial charge in [-0.1, -0.05) is 25.0 Å². The number of methoxy groups -OCH3 is 1. The Kier molecular flexibility index (Phi) is 5.92. The number of hydrogen-bond donors (Lipinski definition) is 1. The van der Waals surface area contributed by atoms with Gasteiger partial charge in [0.15, 0.2) is 0 Å². The lowest BCUT2D eigenvalue weighted by molar-refractivity contribution is 0.0575. The normalized spacial score (nSPS) is 22.3. The van der Waals surface area contributed by atoms with E-state index in [4.69, 9.17) is 4.74 Å². The smallest absolute Gasteiger partial charge is 0.118 e. The molecule has 128 valence electrons. The second kappa shape index (κ2) is 8.13. The molecular weight excluding hydrogens is 288 g/mol. The van der Waals surface area contributed by atoms with E-state index in [1.807, 2.05) is 24.3 Å². The summed E-state index contributed by atoms with van der Waals surface area (Å²) in [6.07, 6.45) is 6.02. The van der Waals surface area contributed by atoms with Crippen molar-refractivity contribution < 1.29 is 9.84 Å². The fourth-order valence-electron chi connectivity index (χ4n) is 3.98. The lowest BCUT2D eigenvalue weighted by Crippen LogP contribution is -2.51. The average Bonchev–Trinajstić information content (AvgIpc) is 3.11. The van der Waals surface area contributed by atoms with Gasteiger partial charge in [0, 0.05) is 38.8 Å². The Hall–Kier alpha value is -1.10. The highest BCUT2D eigenvalue weighted by molar-refractivity contribution is 5.27. The number of rotatable bonds is 6. The molecule has 1 N–H and O–H groups in total. The number of β-amino-alcohol motifs (C(OH)–C–C–N with tert-alkyl or cyclic N) is 1. The first-order chi connectivity index (χ1) is 11.2. The van der Waals surface area contributed by atoms with Gasteiger partial charge in [0.1, 0.15) is 5.75 Å². The third kappa shape index (κ3) is 4.69. The zero-order chi connectivity index (χ0) is 16.1. The van der Waals surface area contributed by atoms with E-state index in [9.17, 15) is 5.11 Å². The van der Waals surface area contributed by atoms with Crippen molar-refractivity contribution in [2.75, 3.05) is 39.8 Å². The van der Waals surface area contributed by atoms with Crippen LogP contribution in [0.2, 0.25) is 0 Å². The molecule has 0 amide bonds. The molecule has 1 saturated carbocycles. The summed E-state index contributed by atoms with van der Waals surface area (Å²) in [6.45, 7) is 5.30. The van der Waals surface area contributed by atoms with Gasteiger partial charge in [-0.05, 0) is 37.0 Å². The quantitative estimate of drug-likeness (QED) is 0.872. The minimum absolute atomic E-state index is 0.290. The summed E-state index contributed by atoms with van der Waals surface area (Å²) >= 11 is 0. The van der Waals surface area contributed by atoms with E-state index in [2.05, 4.69) is 9.80 Å². The Morgan fingerprint density at radius 2 is 1.74 bits per heavy atom. The summed E-state index contributed by atoms with van der Waals surface area (Å²) < 4.78 is 5.17. The third-order valence-electron chi connectivity index (χ3n) is 5.35. The van der Waals surface area contributed by atoms with Gasteiger partial charge in [-0.3, -0.25) is 9.80 Å². The molecule has 4 nitrogen and oxygen atoms in total. The van der Waals surface area contributed by atoms with Crippen LogP contribution in [0.4, 0.5) is 0 Å². The monoisotopic (exact) mass is 318 g/mol. The maximum absolute atomic E-state index is 10.4. The summed E-state index contributed by atoms with van der Waals surface area (Å²) in [7, 11) is 1.68. The first-order valence-corrected chi connectivity index (χ1v) is 9.02. The Bertz CT molecular complexity index is 463. The number of ether oxygens (including phenoxy) is 1. The van der Waals surface area contributed by atoms with Crippen LogP contribution in [0.25, 0.3) is 0 Å². The number of aliphatic hydroxyl groups is 1. The molecule has 0 aromatic heterocycles. The lowest BCUT2D eigenvalue weighted by atomic mass is 10.1. The minimum atomic E-state index is -0.290. The summed E-state index contributed by atoms with van der Waals surface area (Å²) in [5, 5.41) is 10.4. The molecule has 23 heavy (non-hydrogen) atoms. The fourth-order valence-corrected chi connectivity index (χ4v) is 3.98. The van der Waals surface area contributed by atoms with Crippen LogP contribution in [-0.2, 0) is 6.42 Å². The van der Waals surface area contributed by atoms with Gasteiger partial charge in [0.25, 0.3) is 0 Å². The molecule has 1 unspecified atom stereocenters. The molecule has 3 rings (SSSR count). The highest BCUT2D eigenvalue weighted by Gasteiger charge is 2.26. The molecule has 0 radical (unpaired) electrons. The molecule has 1 aliphatic heterocycles. The van der Waals surface area contributed by atoms with Crippen molar-refractivity contribution >= 4 is 0 Å². The molecule has 2 fully saturated rings. The van der Waals surface area contributed by atoms with E-state index >= 15 is 0 Å².